The highest BCUT2D eigenvalue weighted by Gasteiger charge is 2.33. The van der Waals surface area contributed by atoms with E-state index in [1.807, 2.05) is 24.3 Å². The van der Waals surface area contributed by atoms with Crippen LogP contribution in [0.2, 0.25) is 0 Å². The molecule has 0 radical (unpaired) electrons. The Morgan fingerprint density at radius 3 is 2.17 bits per heavy atom. The zero-order valence-electron chi connectivity index (χ0n) is 19.8. The molecule has 0 aliphatic rings. The third-order valence-electron chi connectivity index (χ3n) is 5.56. The number of rotatable bonds is 12. The first-order valence-electron chi connectivity index (χ1n) is 11.2. The molecule has 1 aromatic carbocycles. The molecule has 12 nitrogen and oxygen atoms in total. The molecule has 0 bridgehead atoms. The van der Waals surface area contributed by atoms with Crippen LogP contribution in [0.25, 0.3) is 10.9 Å². The smallest absolute Gasteiger partial charge is 0.326 e. The van der Waals surface area contributed by atoms with Crippen molar-refractivity contribution in [3.05, 3.63) is 36.0 Å². The number of nitrogens with one attached hydrogen (secondary N) is 4. The number of aliphatic hydroxyl groups excluding tert-OH is 2. The van der Waals surface area contributed by atoms with Gasteiger partial charge >= 0.3 is 5.97 Å². The number of nitrogens with two attached hydrogens (primary N) is 1. The second kappa shape index (κ2) is 12.3. The molecule has 192 valence electrons. The lowest BCUT2D eigenvalue weighted by atomic mass is 10.0. The van der Waals surface area contributed by atoms with Crippen molar-refractivity contribution in [2.75, 3.05) is 6.61 Å². The molecule has 9 N–H and O–H groups in total. The Labute approximate surface area is 202 Å². The number of hydrogen-bond acceptors (Lipinski definition) is 7. The van der Waals surface area contributed by atoms with Crippen LogP contribution in [0.15, 0.2) is 30.5 Å². The van der Waals surface area contributed by atoms with E-state index in [4.69, 9.17) is 5.73 Å². The molecule has 3 amide bonds. The summed E-state index contributed by atoms with van der Waals surface area (Å²) >= 11 is 0. The number of carboxylic acid groups (broad SMARTS) is 1. The summed E-state index contributed by atoms with van der Waals surface area (Å²) in [5, 5.41) is 36.7. The molecule has 2 rings (SSSR count). The number of fused-ring (bicyclic) bond motifs is 1. The van der Waals surface area contributed by atoms with Crippen molar-refractivity contribution >= 4 is 34.6 Å². The van der Waals surface area contributed by atoms with E-state index in [0.717, 1.165) is 16.5 Å². The van der Waals surface area contributed by atoms with Gasteiger partial charge in [0, 0.05) is 17.1 Å². The highest BCUT2D eigenvalue weighted by atomic mass is 16.4. The van der Waals surface area contributed by atoms with E-state index in [0.29, 0.717) is 0 Å². The molecule has 0 saturated carbocycles. The number of aromatic nitrogens is 1. The predicted octanol–water partition coefficient (Wildman–Crippen LogP) is -1.39. The van der Waals surface area contributed by atoms with Crippen LogP contribution in [-0.2, 0) is 25.6 Å². The summed E-state index contributed by atoms with van der Waals surface area (Å²) in [5.41, 5.74) is 7.70. The van der Waals surface area contributed by atoms with Crippen molar-refractivity contribution in [2.24, 2.45) is 11.7 Å². The van der Waals surface area contributed by atoms with Gasteiger partial charge in [-0.1, -0.05) is 32.0 Å². The van der Waals surface area contributed by atoms with E-state index in [1.54, 1.807) is 20.0 Å². The van der Waals surface area contributed by atoms with Gasteiger partial charge in [0.05, 0.1) is 18.8 Å². The van der Waals surface area contributed by atoms with Crippen LogP contribution in [0.1, 0.15) is 26.3 Å². The average molecular weight is 492 g/mol. The SMILES string of the molecule is CC(C)C(NC(=O)C(NC(=O)C(CO)NC(=O)C(N)Cc1c[nH]c2ccccc12)C(C)O)C(=O)O. The summed E-state index contributed by atoms with van der Waals surface area (Å²) in [5.74, 6) is -4.29. The van der Waals surface area contributed by atoms with Gasteiger partial charge < -0.3 is 42.0 Å². The molecule has 0 saturated heterocycles. The van der Waals surface area contributed by atoms with Crippen molar-refractivity contribution in [1.82, 2.24) is 20.9 Å². The van der Waals surface area contributed by atoms with Gasteiger partial charge in [0.1, 0.15) is 18.1 Å². The van der Waals surface area contributed by atoms with Gasteiger partial charge in [-0.05, 0) is 30.9 Å². The first-order valence-corrected chi connectivity index (χ1v) is 11.2. The zero-order chi connectivity index (χ0) is 26.3. The van der Waals surface area contributed by atoms with E-state index >= 15 is 0 Å². The minimum absolute atomic E-state index is 0.167. The second-order valence-corrected chi connectivity index (χ2v) is 8.71. The van der Waals surface area contributed by atoms with E-state index < -0.39 is 66.5 Å². The monoisotopic (exact) mass is 491 g/mol. The Hall–Kier alpha value is -3.48. The van der Waals surface area contributed by atoms with Gasteiger partial charge in [0.25, 0.3) is 0 Å². The Kier molecular flexibility index (Phi) is 9.75. The average Bonchev–Trinajstić information content (AvgIpc) is 3.20. The van der Waals surface area contributed by atoms with Gasteiger partial charge in [-0.2, -0.15) is 0 Å². The standard InChI is InChI=1S/C23H33N5O7/c1-11(2)18(23(34)35)27-22(33)19(12(3)30)28-21(32)17(10-29)26-20(31)15(24)8-13-9-25-16-7-5-4-6-14(13)16/h4-7,9,11-12,15,17-19,25,29-30H,8,10,24H2,1-3H3,(H,26,31)(H,27,33)(H,28,32)(H,34,35). The number of benzene rings is 1. The molecule has 12 heteroatoms. The summed E-state index contributed by atoms with van der Waals surface area (Å²) in [6.45, 7) is 3.62. The van der Waals surface area contributed by atoms with Gasteiger partial charge in [0.2, 0.25) is 17.7 Å². The third-order valence-corrected chi connectivity index (χ3v) is 5.56. The van der Waals surface area contributed by atoms with Crippen LogP contribution in [0, 0.1) is 5.92 Å². The quantitative estimate of drug-likeness (QED) is 0.177. The fraction of sp³-hybridized carbons (Fsp3) is 0.478. The van der Waals surface area contributed by atoms with Crippen LogP contribution in [0.3, 0.4) is 0 Å². The van der Waals surface area contributed by atoms with E-state index in [-0.39, 0.29) is 6.42 Å². The molecular formula is C23H33N5O7. The summed E-state index contributed by atoms with van der Waals surface area (Å²) in [4.78, 5) is 52.2. The van der Waals surface area contributed by atoms with Gasteiger partial charge in [-0.3, -0.25) is 14.4 Å². The molecule has 0 fully saturated rings. The lowest BCUT2D eigenvalue weighted by Gasteiger charge is -2.26. The van der Waals surface area contributed by atoms with Gasteiger partial charge in [-0.25, -0.2) is 4.79 Å². The number of carbonyl (C=O) groups is 4. The number of amides is 3. The summed E-state index contributed by atoms with van der Waals surface area (Å²) < 4.78 is 0. The lowest BCUT2D eigenvalue weighted by Crippen LogP contribution is -2.61. The molecule has 35 heavy (non-hydrogen) atoms. The van der Waals surface area contributed by atoms with E-state index in [2.05, 4.69) is 20.9 Å². The summed E-state index contributed by atoms with van der Waals surface area (Å²) in [7, 11) is 0. The van der Waals surface area contributed by atoms with Crippen molar-refractivity contribution in [3.8, 4) is 0 Å². The van der Waals surface area contributed by atoms with Gasteiger partial charge in [0.15, 0.2) is 0 Å². The van der Waals surface area contributed by atoms with Gasteiger partial charge in [-0.15, -0.1) is 0 Å². The molecule has 2 aromatic rings. The predicted molar refractivity (Wildman–Crippen MR) is 127 cm³/mol. The number of hydrogen-bond donors (Lipinski definition) is 8. The van der Waals surface area contributed by atoms with Crippen LogP contribution in [0.4, 0.5) is 0 Å². The maximum Gasteiger partial charge on any atom is 0.326 e. The van der Waals surface area contributed by atoms with Crippen LogP contribution in [-0.4, -0.2) is 80.9 Å². The number of aliphatic hydroxyl groups is 2. The van der Waals surface area contributed by atoms with Crippen LogP contribution >= 0.6 is 0 Å². The van der Waals surface area contributed by atoms with Crippen molar-refractivity contribution in [3.63, 3.8) is 0 Å². The molecule has 0 spiro atoms. The number of carboxylic acids is 1. The molecule has 1 aromatic heterocycles. The minimum Gasteiger partial charge on any atom is -0.480 e. The summed E-state index contributed by atoms with van der Waals surface area (Å²) in [6.07, 6.45) is 0.515. The highest BCUT2D eigenvalue weighted by Crippen LogP contribution is 2.18. The van der Waals surface area contributed by atoms with Crippen molar-refractivity contribution in [2.45, 2.75) is 57.5 Å². The third kappa shape index (κ3) is 7.25. The van der Waals surface area contributed by atoms with E-state index in [1.165, 1.54) is 6.92 Å². The fourth-order valence-electron chi connectivity index (χ4n) is 3.52. The van der Waals surface area contributed by atoms with Crippen molar-refractivity contribution in [1.29, 1.82) is 0 Å². The largest absolute Gasteiger partial charge is 0.480 e. The normalized spacial score (nSPS) is 15.6. The van der Waals surface area contributed by atoms with Crippen LogP contribution in [0.5, 0.6) is 0 Å². The zero-order valence-corrected chi connectivity index (χ0v) is 19.8. The molecule has 5 unspecified atom stereocenters. The Morgan fingerprint density at radius 2 is 1.60 bits per heavy atom. The molecule has 1 heterocycles. The minimum atomic E-state index is -1.52. The number of aromatic amines is 1. The maximum absolute atomic E-state index is 12.7. The molecule has 5 atom stereocenters. The number of H-pyrrole nitrogens is 1. The lowest BCUT2D eigenvalue weighted by molar-refractivity contribution is -0.144. The molecule has 0 aliphatic carbocycles. The Bertz CT molecular complexity index is 1050. The second-order valence-electron chi connectivity index (χ2n) is 8.71. The van der Waals surface area contributed by atoms with Crippen LogP contribution < -0.4 is 21.7 Å². The van der Waals surface area contributed by atoms with Crippen molar-refractivity contribution < 1.29 is 34.5 Å². The molecular weight excluding hydrogens is 458 g/mol. The molecule has 0 aliphatic heterocycles. The first kappa shape index (κ1) is 27.8. The number of aliphatic carboxylic acids is 1. The maximum atomic E-state index is 12.7. The summed E-state index contributed by atoms with van der Waals surface area (Å²) in [6, 6.07) is 2.23. The first-order chi connectivity index (χ1) is 16.5. The van der Waals surface area contributed by atoms with E-state index in [9.17, 15) is 34.5 Å². The Morgan fingerprint density at radius 1 is 0.971 bits per heavy atom. The number of carbonyl (C=O) groups excluding carboxylic acids is 3. The Balaban J connectivity index is 2.03. The topological polar surface area (TPSA) is 207 Å². The fourth-order valence-corrected chi connectivity index (χ4v) is 3.52. The number of para-hydroxylation sites is 1. The highest BCUT2D eigenvalue weighted by molar-refractivity contribution is 5.94.